The zero-order valence-corrected chi connectivity index (χ0v) is 19.1. The highest BCUT2D eigenvalue weighted by atomic mass is 35.5. The normalized spacial score (nSPS) is 10.5. The highest BCUT2D eigenvalue weighted by Crippen LogP contribution is 2.35. The van der Waals surface area contributed by atoms with Gasteiger partial charge in [-0.15, -0.1) is 11.3 Å². The Balaban J connectivity index is 2.55. The van der Waals surface area contributed by atoms with Crippen LogP contribution in [0.5, 0.6) is 0 Å². The fourth-order valence-corrected chi connectivity index (χ4v) is 4.26. The van der Waals surface area contributed by atoms with E-state index in [9.17, 15) is 24.5 Å². The Labute approximate surface area is 188 Å². The Morgan fingerprint density at radius 2 is 1.87 bits per heavy atom. The lowest BCUT2D eigenvalue weighted by Gasteiger charge is -2.18. The maximum atomic E-state index is 12.9. The average Bonchev–Trinajstić information content (AvgIpc) is 3.04. The number of rotatable bonds is 8. The molecule has 0 saturated carbocycles. The third kappa shape index (κ3) is 5.20. The second kappa shape index (κ2) is 10.4. The van der Waals surface area contributed by atoms with E-state index in [2.05, 4.69) is 5.32 Å². The van der Waals surface area contributed by atoms with E-state index in [0.29, 0.717) is 18.7 Å². The van der Waals surface area contributed by atoms with Crippen LogP contribution in [-0.2, 0) is 4.74 Å². The molecule has 166 valence electrons. The lowest BCUT2D eigenvalue weighted by molar-refractivity contribution is -0.385. The number of ether oxygens (including phenoxy) is 1. The summed E-state index contributed by atoms with van der Waals surface area (Å²) in [6.07, 6.45) is 0. The van der Waals surface area contributed by atoms with Crippen LogP contribution in [0, 0.1) is 17.0 Å². The first kappa shape index (κ1) is 24.3. The predicted octanol–water partition coefficient (Wildman–Crippen LogP) is 4.53. The quantitative estimate of drug-likeness (QED) is 0.346. The summed E-state index contributed by atoms with van der Waals surface area (Å²) < 4.78 is 5.09. The van der Waals surface area contributed by atoms with Crippen molar-refractivity contribution in [3.63, 3.8) is 0 Å². The van der Waals surface area contributed by atoms with Crippen molar-refractivity contribution < 1.29 is 24.0 Å². The standard InChI is InChI=1S/C20H22ClN3O6S/c1-5-23(6-2)19(26)16-11(4)15(20(27)30-7-3)18(31-16)22-17(25)13-10-12(21)8-9-14(13)24(28)29/h8-10H,5-7H2,1-4H3,(H,22,25). The summed E-state index contributed by atoms with van der Waals surface area (Å²) in [5.74, 6) is -1.82. The second-order valence-corrected chi connectivity index (χ2v) is 7.79. The van der Waals surface area contributed by atoms with Gasteiger partial charge in [-0.2, -0.15) is 0 Å². The van der Waals surface area contributed by atoms with Gasteiger partial charge < -0.3 is 15.0 Å². The lowest BCUT2D eigenvalue weighted by atomic mass is 10.1. The number of hydrogen-bond acceptors (Lipinski definition) is 7. The number of halogens is 1. The molecule has 2 aromatic rings. The van der Waals surface area contributed by atoms with E-state index in [1.807, 2.05) is 13.8 Å². The number of nitro benzene ring substituents is 1. The molecule has 31 heavy (non-hydrogen) atoms. The summed E-state index contributed by atoms with van der Waals surface area (Å²) in [6.45, 7) is 7.93. The van der Waals surface area contributed by atoms with Crippen molar-refractivity contribution in [3.8, 4) is 0 Å². The summed E-state index contributed by atoms with van der Waals surface area (Å²) in [6, 6.07) is 3.59. The van der Waals surface area contributed by atoms with Crippen molar-refractivity contribution in [1.29, 1.82) is 0 Å². The Morgan fingerprint density at radius 1 is 1.23 bits per heavy atom. The number of carbonyl (C=O) groups is 3. The predicted molar refractivity (Wildman–Crippen MR) is 118 cm³/mol. The molecular formula is C20H22ClN3O6S. The van der Waals surface area contributed by atoms with Crippen LogP contribution < -0.4 is 5.32 Å². The van der Waals surface area contributed by atoms with Crippen molar-refractivity contribution in [2.75, 3.05) is 25.0 Å². The number of thiophene rings is 1. The number of carbonyl (C=O) groups excluding carboxylic acids is 3. The Bertz CT molecular complexity index is 1030. The minimum absolute atomic E-state index is 0.0420. The molecule has 0 aliphatic heterocycles. The van der Waals surface area contributed by atoms with Crippen molar-refractivity contribution in [2.45, 2.75) is 27.7 Å². The second-order valence-electron chi connectivity index (χ2n) is 6.33. The summed E-state index contributed by atoms with van der Waals surface area (Å²) in [5, 5.41) is 14.0. The third-order valence-electron chi connectivity index (χ3n) is 4.50. The molecule has 0 radical (unpaired) electrons. The van der Waals surface area contributed by atoms with Crippen molar-refractivity contribution in [1.82, 2.24) is 4.90 Å². The van der Waals surface area contributed by atoms with E-state index in [1.54, 1.807) is 18.7 Å². The van der Waals surface area contributed by atoms with Gasteiger partial charge in [0.15, 0.2) is 0 Å². The maximum absolute atomic E-state index is 12.9. The van der Waals surface area contributed by atoms with Crippen molar-refractivity contribution in [2.24, 2.45) is 0 Å². The number of esters is 1. The van der Waals surface area contributed by atoms with Crippen molar-refractivity contribution >= 4 is 51.4 Å². The molecule has 2 rings (SSSR count). The number of nitrogens with one attached hydrogen (secondary N) is 1. The summed E-state index contributed by atoms with van der Waals surface area (Å²) in [7, 11) is 0. The summed E-state index contributed by atoms with van der Waals surface area (Å²) in [4.78, 5) is 50.7. The molecule has 0 bridgehead atoms. The van der Waals surface area contributed by atoms with E-state index in [-0.39, 0.29) is 38.5 Å². The maximum Gasteiger partial charge on any atom is 0.341 e. The minimum atomic E-state index is -0.831. The van der Waals surface area contributed by atoms with Gasteiger partial charge in [0.25, 0.3) is 17.5 Å². The molecule has 0 atom stereocenters. The Hall–Kier alpha value is -2.98. The van der Waals surface area contributed by atoms with Crippen LogP contribution in [0.15, 0.2) is 18.2 Å². The summed E-state index contributed by atoms with van der Waals surface area (Å²) >= 11 is 6.83. The van der Waals surface area contributed by atoms with Crippen LogP contribution in [0.2, 0.25) is 5.02 Å². The zero-order chi connectivity index (χ0) is 23.3. The molecule has 11 heteroatoms. The van der Waals surface area contributed by atoms with Gasteiger partial charge >= 0.3 is 5.97 Å². The number of amides is 2. The van der Waals surface area contributed by atoms with E-state index < -0.39 is 22.5 Å². The molecule has 9 nitrogen and oxygen atoms in total. The highest BCUT2D eigenvalue weighted by molar-refractivity contribution is 7.18. The van der Waals surface area contributed by atoms with E-state index in [1.165, 1.54) is 12.1 Å². The number of anilines is 1. The smallest absolute Gasteiger partial charge is 0.341 e. The van der Waals surface area contributed by atoms with Crippen molar-refractivity contribution in [3.05, 3.63) is 54.9 Å². The van der Waals surface area contributed by atoms with Crippen LogP contribution in [0.4, 0.5) is 10.7 Å². The molecule has 1 aromatic carbocycles. The molecular weight excluding hydrogens is 446 g/mol. The van der Waals surface area contributed by atoms with E-state index >= 15 is 0 Å². The first-order chi connectivity index (χ1) is 14.7. The fourth-order valence-electron chi connectivity index (χ4n) is 2.93. The molecule has 0 aliphatic rings. The van der Waals surface area contributed by atoms with Crippen LogP contribution in [0.3, 0.4) is 0 Å². The average molecular weight is 468 g/mol. The number of hydrogen-bond donors (Lipinski definition) is 1. The lowest BCUT2D eigenvalue weighted by Crippen LogP contribution is -2.30. The van der Waals surface area contributed by atoms with Gasteiger partial charge in [0.2, 0.25) is 0 Å². The largest absolute Gasteiger partial charge is 0.462 e. The molecule has 0 unspecified atom stereocenters. The molecule has 1 aromatic heterocycles. The Morgan fingerprint density at radius 3 is 2.42 bits per heavy atom. The molecule has 0 saturated heterocycles. The minimum Gasteiger partial charge on any atom is -0.462 e. The van der Waals surface area contributed by atoms with Gasteiger partial charge in [0.1, 0.15) is 10.6 Å². The van der Waals surface area contributed by atoms with Crippen LogP contribution in [0.1, 0.15) is 56.7 Å². The van der Waals surface area contributed by atoms with Gasteiger partial charge in [0, 0.05) is 24.2 Å². The monoisotopic (exact) mass is 467 g/mol. The van der Waals surface area contributed by atoms with Gasteiger partial charge in [-0.05, 0) is 45.4 Å². The summed E-state index contributed by atoms with van der Waals surface area (Å²) in [5.41, 5.74) is -0.293. The Kier molecular flexibility index (Phi) is 8.12. The van der Waals surface area contributed by atoms with E-state index in [0.717, 1.165) is 17.4 Å². The molecule has 0 aliphatic carbocycles. The van der Waals surface area contributed by atoms with Gasteiger partial charge in [-0.1, -0.05) is 11.6 Å². The van der Waals surface area contributed by atoms with Gasteiger partial charge in [-0.3, -0.25) is 19.7 Å². The number of nitro groups is 1. The van der Waals surface area contributed by atoms with Gasteiger partial charge in [-0.25, -0.2) is 4.79 Å². The SMILES string of the molecule is CCOC(=O)c1c(NC(=O)c2cc(Cl)ccc2[N+](=O)[O-])sc(C(=O)N(CC)CC)c1C. The first-order valence-corrected chi connectivity index (χ1v) is 10.7. The third-order valence-corrected chi connectivity index (χ3v) is 5.93. The molecule has 1 heterocycles. The highest BCUT2D eigenvalue weighted by Gasteiger charge is 2.29. The van der Waals surface area contributed by atoms with Crippen LogP contribution >= 0.6 is 22.9 Å². The topological polar surface area (TPSA) is 119 Å². The number of benzene rings is 1. The molecule has 0 spiro atoms. The molecule has 1 N–H and O–H groups in total. The van der Waals surface area contributed by atoms with Gasteiger partial charge in [0.05, 0.1) is 22.0 Å². The zero-order valence-electron chi connectivity index (χ0n) is 17.5. The van der Waals surface area contributed by atoms with Crippen LogP contribution in [-0.4, -0.2) is 47.3 Å². The first-order valence-electron chi connectivity index (χ1n) is 9.51. The molecule has 2 amide bonds. The van der Waals surface area contributed by atoms with Crippen LogP contribution in [0.25, 0.3) is 0 Å². The molecule has 0 fully saturated rings. The van der Waals surface area contributed by atoms with E-state index in [4.69, 9.17) is 16.3 Å². The number of nitrogens with zero attached hydrogens (tertiary/aromatic N) is 2. The fraction of sp³-hybridized carbons (Fsp3) is 0.350.